The van der Waals surface area contributed by atoms with Crippen LogP contribution in [0.4, 0.5) is 0 Å². The van der Waals surface area contributed by atoms with Crippen molar-refractivity contribution in [3.05, 3.63) is 34.3 Å². The number of hydrogen-bond acceptors (Lipinski definition) is 5. The molecule has 1 unspecified atom stereocenters. The molecule has 8 heteroatoms. The zero-order chi connectivity index (χ0) is 15.8. The molecule has 0 aliphatic rings. The van der Waals surface area contributed by atoms with Crippen molar-refractivity contribution >= 4 is 33.7 Å². The van der Waals surface area contributed by atoms with Crippen LogP contribution in [0.25, 0.3) is 0 Å². The lowest BCUT2D eigenvalue weighted by atomic mass is 10.2. The van der Waals surface area contributed by atoms with Crippen molar-refractivity contribution in [2.45, 2.75) is 6.10 Å². The highest BCUT2D eigenvalue weighted by atomic mass is 79.9. The average Bonchev–Trinajstić information content (AvgIpc) is 2.49. The summed E-state index contributed by atoms with van der Waals surface area (Å²) in [5.74, 6) is -1.77. The number of carbonyl (C=O) groups is 3. The van der Waals surface area contributed by atoms with Crippen molar-refractivity contribution in [2.75, 3.05) is 20.2 Å². The molecule has 0 radical (unpaired) electrons. The largest absolute Gasteiger partial charge is 0.467 e. The summed E-state index contributed by atoms with van der Waals surface area (Å²) in [5, 5.41) is 14.0. The molecule has 1 aromatic carbocycles. The van der Waals surface area contributed by atoms with Gasteiger partial charge in [-0.15, -0.1) is 0 Å². The van der Waals surface area contributed by atoms with Crippen molar-refractivity contribution in [1.82, 2.24) is 10.6 Å². The number of aliphatic hydroxyl groups is 1. The quantitative estimate of drug-likeness (QED) is 0.612. The summed E-state index contributed by atoms with van der Waals surface area (Å²) >= 11 is 3.24. The Hall–Kier alpha value is -1.93. The molecule has 0 heterocycles. The SMILES string of the molecule is COC(=O)C(O)CNC(=O)CNC(=O)c1cccc(Br)c1. The maximum Gasteiger partial charge on any atom is 0.336 e. The number of esters is 1. The van der Waals surface area contributed by atoms with Crippen LogP contribution in [0, 0.1) is 0 Å². The summed E-state index contributed by atoms with van der Waals surface area (Å²) in [7, 11) is 1.13. The van der Waals surface area contributed by atoms with E-state index in [1.807, 2.05) is 0 Å². The molecule has 1 atom stereocenters. The van der Waals surface area contributed by atoms with Crippen molar-refractivity contribution in [2.24, 2.45) is 0 Å². The molecule has 0 fully saturated rings. The van der Waals surface area contributed by atoms with Gasteiger partial charge in [0, 0.05) is 10.0 Å². The lowest BCUT2D eigenvalue weighted by Gasteiger charge is -2.10. The molecule has 0 aliphatic heterocycles. The fourth-order valence-corrected chi connectivity index (χ4v) is 1.78. The van der Waals surface area contributed by atoms with E-state index in [1.165, 1.54) is 0 Å². The molecule has 0 saturated heterocycles. The Bertz CT molecular complexity index is 535. The number of ether oxygens (including phenoxy) is 1. The first kappa shape index (κ1) is 17.1. The Balaban J connectivity index is 2.36. The second-order valence-electron chi connectivity index (χ2n) is 4.04. The Labute approximate surface area is 129 Å². The van der Waals surface area contributed by atoms with Gasteiger partial charge in [-0.25, -0.2) is 4.79 Å². The van der Waals surface area contributed by atoms with E-state index in [9.17, 15) is 19.5 Å². The van der Waals surface area contributed by atoms with Gasteiger partial charge in [0.15, 0.2) is 6.10 Å². The number of methoxy groups -OCH3 is 1. The molecule has 1 aromatic rings. The molecule has 0 bridgehead atoms. The summed E-state index contributed by atoms with van der Waals surface area (Å²) in [5.41, 5.74) is 0.409. The minimum Gasteiger partial charge on any atom is -0.467 e. The van der Waals surface area contributed by atoms with Crippen molar-refractivity contribution < 1.29 is 24.2 Å². The number of benzene rings is 1. The Morgan fingerprint density at radius 1 is 1.33 bits per heavy atom. The van der Waals surface area contributed by atoms with Crippen molar-refractivity contribution in [3.63, 3.8) is 0 Å². The van der Waals surface area contributed by atoms with E-state index in [0.717, 1.165) is 11.6 Å². The molecule has 0 aromatic heterocycles. The summed E-state index contributed by atoms with van der Waals surface area (Å²) in [6.45, 7) is -0.544. The maximum atomic E-state index is 11.8. The zero-order valence-corrected chi connectivity index (χ0v) is 12.8. The van der Waals surface area contributed by atoms with Crippen molar-refractivity contribution in [3.8, 4) is 0 Å². The lowest BCUT2D eigenvalue weighted by molar-refractivity contribution is -0.150. The van der Waals surface area contributed by atoms with Gasteiger partial charge >= 0.3 is 5.97 Å². The molecular formula is C13H15BrN2O5. The predicted molar refractivity (Wildman–Crippen MR) is 77.5 cm³/mol. The highest BCUT2D eigenvalue weighted by Crippen LogP contribution is 2.11. The predicted octanol–water partition coefficient (Wildman–Crippen LogP) is -0.171. The van der Waals surface area contributed by atoms with E-state index < -0.39 is 23.9 Å². The lowest BCUT2D eigenvalue weighted by Crippen LogP contribution is -2.42. The van der Waals surface area contributed by atoms with Crippen LogP contribution in [0.1, 0.15) is 10.4 Å². The molecule has 0 saturated carbocycles. The van der Waals surface area contributed by atoms with Gasteiger partial charge in [0.2, 0.25) is 5.91 Å². The van der Waals surface area contributed by atoms with Gasteiger partial charge in [-0.1, -0.05) is 22.0 Å². The summed E-state index contributed by atoms with van der Waals surface area (Å²) < 4.78 is 5.05. The highest BCUT2D eigenvalue weighted by Gasteiger charge is 2.16. The first-order chi connectivity index (χ1) is 9.93. The average molecular weight is 359 g/mol. The molecule has 7 nitrogen and oxygen atoms in total. The second-order valence-corrected chi connectivity index (χ2v) is 4.95. The number of carbonyl (C=O) groups excluding carboxylic acids is 3. The molecule has 0 aliphatic carbocycles. The summed E-state index contributed by atoms with van der Waals surface area (Å²) in [6, 6.07) is 6.71. The van der Waals surface area contributed by atoms with Crippen LogP contribution >= 0.6 is 15.9 Å². The van der Waals surface area contributed by atoms with E-state index >= 15 is 0 Å². The summed E-state index contributed by atoms with van der Waals surface area (Å²) in [4.78, 5) is 34.1. The van der Waals surface area contributed by atoms with Crippen LogP contribution < -0.4 is 10.6 Å². The molecule has 0 spiro atoms. The van der Waals surface area contributed by atoms with Crippen LogP contribution in [0.15, 0.2) is 28.7 Å². The third kappa shape index (κ3) is 5.92. The summed E-state index contributed by atoms with van der Waals surface area (Å²) in [6.07, 6.45) is -1.43. The third-order valence-corrected chi connectivity index (χ3v) is 2.96. The first-order valence-electron chi connectivity index (χ1n) is 6.00. The van der Waals surface area contributed by atoms with Gasteiger partial charge in [0.25, 0.3) is 5.91 Å². The third-order valence-electron chi connectivity index (χ3n) is 2.46. The van der Waals surface area contributed by atoms with E-state index in [4.69, 9.17) is 0 Å². The van der Waals surface area contributed by atoms with E-state index in [2.05, 4.69) is 31.3 Å². The number of halogens is 1. The normalized spacial score (nSPS) is 11.4. The maximum absolute atomic E-state index is 11.8. The number of amides is 2. The number of aliphatic hydroxyl groups excluding tert-OH is 1. The Morgan fingerprint density at radius 2 is 2.05 bits per heavy atom. The van der Waals surface area contributed by atoms with Gasteiger partial charge in [0.05, 0.1) is 20.2 Å². The molecule has 21 heavy (non-hydrogen) atoms. The molecule has 114 valence electrons. The minimum atomic E-state index is -1.43. The highest BCUT2D eigenvalue weighted by molar-refractivity contribution is 9.10. The molecular weight excluding hydrogens is 344 g/mol. The molecule has 3 N–H and O–H groups in total. The number of rotatable bonds is 6. The van der Waals surface area contributed by atoms with E-state index in [-0.39, 0.29) is 13.1 Å². The molecule has 1 rings (SSSR count). The smallest absolute Gasteiger partial charge is 0.336 e. The minimum absolute atomic E-state index is 0.265. The van der Waals surface area contributed by atoms with Gasteiger partial charge < -0.3 is 20.5 Å². The van der Waals surface area contributed by atoms with E-state index in [0.29, 0.717) is 5.56 Å². The van der Waals surface area contributed by atoms with Crippen LogP contribution in [0.3, 0.4) is 0 Å². The standard InChI is InChI=1S/C13H15BrN2O5/c1-21-13(20)10(17)6-15-11(18)7-16-12(19)8-3-2-4-9(14)5-8/h2-5,10,17H,6-7H2,1H3,(H,15,18)(H,16,19). The van der Waals surface area contributed by atoms with Crippen LogP contribution in [0.2, 0.25) is 0 Å². The van der Waals surface area contributed by atoms with Crippen LogP contribution in [0.5, 0.6) is 0 Å². The number of nitrogens with one attached hydrogen (secondary N) is 2. The monoisotopic (exact) mass is 358 g/mol. The van der Waals surface area contributed by atoms with Gasteiger partial charge in [0.1, 0.15) is 0 Å². The topological polar surface area (TPSA) is 105 Å². The van der Waals surface area contributed by atoms with Crippen molar-refractivity contribution in [1.29, 1.82) is 0 Å². The fraction of sp³-hybridized carbons (Fsp3) is 0.308. The van der Waals surface area contributed by atoms with E-state index in [1.54, 1.807) is 24.3 Å². The van der Waals surface area contributed by atoms with Gasteiger partial charge in [-0.3, -0.25) is 9.59 Å². The molecule has 2 amide bonds. The van der Waals surface area contributed by atoms with Crippen LogP contribution in [-0.2, 0) is 14.3 Å². The first-order valence-corrected chi connectivity index (χ1v) is 6.79. The fourth-order valence-electron chi connectivity index (χ4n) is 1.38. The zero-order valence-electron chi connectivity index (χ0n) is 11.3. The number of hydrogen-bond donors (Lipinski definition) is 3. The Morgan fingerprint density at radius 3 is 2.67 bits per heavy atom. The Kier molecular flexibility index (Phi) is 6.83. The van der Waals surface area contributed by atoms with Gasteiger partial charge in [-0.2, -0.15) is 0 Å². The second kappa shape index (κ2) is 8.38. The van der Waals surface area contributed by atoms with Crippen LogP contribution in [-0.4, -0.2) is 49.2 Å². The van der Waals surface area contributed by atoms with Gasteiger partial charge in [-0.05, 0) is 18.2 Å².